The second-order valence-corrected chi connectivity index (χ2v) is 8.67. The van der Waals surface area contributed by atoms with Crippen LogP contribution in [0.4, 0.5) is 11.4 Å². The predicted molar refractivity (Wildman–Crippen MR) is 128 cm³/mol. The van der Waals surface area contributed by atoms with E-state index in [1.54, 1.807) is 16.8 Å². The van der Waals surface area contributed by atoms with Gasteiger partial charge in [-0.25, -0.2) is 9.67 Å². The molecule has 0 aliphatic carbocycles. The lowest BCUT2D eigenvalue weighted by molar-refractivity contribution is -0.384. The van der Waals surface area contributed by atoms with Gasteiger partial charge in [0.15, 0.2) is 5.16 Å². The quantitative estimate of drug-likeness (QED) is 0.176. The third kappa shape index (κ3) is 5.12. The summed E-state index contributed by atoms with van der Waals surface area (Å²) in [5, 5.41) is 22.6. The second kappa shape index (κ2) is 9.83. The monoisotopic (exact) mass is 479 g/mol. The first-order valence-electron chi connectivity index (χ1n) is 10.4. The van der Waals surface area contributed by atoms with Crippen LogP contribution in [0.2, 0.25) is 0 Å². The first kappa shape index (κ1) is 23.1. The molecule has 2 heterocycles. The summed E-state index contributed by atoms with van der Waals surface area (Å²) in [5.74, 6) is 0.0735. The van der Waals surface area contributed by atoms with Gasteiger partial charge in [0.1, 0.15) is 6.54 Å². The van der Waals surface area contributed by atoms with Crippen LogP contribution in [0.1, 0.15) is 25.6 Å². The van der Waals surface area contributed by atoms with E-state index < -0.39 is 4.92 Å². The van der Waals surface area contributed by atoms with Crippen LogP contribution in [-0.4, -0.2) is 35.4 Å². The Kier molecular flexibility index (Phi) is 6.68. The fourth-order valence-corrected chi connectivity index (χ4v) is 4.32. The highest BCUT2D eigenvalue weighted by Crippen LogP contribution is 2.23. The van der Waals surface area contributed by atoms with Crippen LogP contribution in [0.3, 0.4) is 0 Å². The zero-order valence-corrected chi connectivity index (χ0v) is 19.2. The van der Waals surface area contributed by atoms with Gasteiger partial charge in [0.25, 0.3) is 11.2 Å². The number of aromatic nitrogens is 5. The van der Waals surface area contributed by atoms with Gasteiger partial charge in [0.05, 0.1) is 21.5 Å². The van der Waals surface area contributed by atoms with E-state index in [0.29, 0.717) is 33.2 Å². The summed E-state index contributed by atoms with van der Waals surface area (Å²) < 4.78 is 3.06. The number of anilines is 1. The van der Waals surface area contributed by atoms with E-state index >= 15 is 0 Å². The number of hydrogen-bond acceptors (Lipinski definition) is 8. The maximum Gasteiger partial charge on any atom is 0.269 e. The van der Waals surface area contributed by atoms with Crippen LogP contribution in [0.25, 0.3) is 10.9 Å². The molecule has 0 aliphatic rings. The van der Waals surface area contributed by atoms with Gasteiger partial charge in [0.2, 0.25) is 5.91 Å². The van der Waals surface area contributed by atoms with E-state index in [2.05, 4.69) is 20.6 Å². The molecule has 2 aromatic heterocycles. The minimum Gasteiger partial charge on any atom is -0.324 e. The SMILES string of the molecule is CC(C)n1c(SCc2cn(CC(=O)Nc3ccc([N+](=O)[O-])cc3)nn2)nc2ccccc2c1=O. The number of thioether (sulfide) groups is 1. The van der Waals surface area contributed by atoms with Crippen molar-refractivity contribution in [1.82, 2.24) is 24.5 Å². The molecule has 0 atom stereocenters. The van der Waals surface area contributed by atoms with Crippen LogP contribution >= 0.6 is 11.8 Å². The number of carbonyl (C=O) groups is 1. The van der Waals surface area contributed by atoms with Crippen molar-refractivity contribution in [3.05, 3.63) is 80.9 Å². The fourth-order valence-electron chi connectivity index (χ4n) is 3.32. The summed E-state index contributed by atoms with van der Waals surface area (Å²) in [6, 6.07) is 12.7. The van der Waals surface area contributed by atoms with E-state index in [1.807, 2.05) is 32.0 Å². The molecule has 0 aliphatic heterocycles. The van der Waals surface area contributed by atoms with Crippen molar-refractivity contribution in [2.24, 2.45) is 0 Å². The van der Waals surface area contributed by atoms with Crippen LogP contribution in [-0.2, 0) is 17.1 Å². The van der Waals surface area contributed by atoms with Gasteiger partial charge in [-0.1, -0.05) is 29.1 Å². The standard InChI is InChI=1S/C22H21N7O4S/c1-14(2)28-21(31)18-5-3-4-6-19(18)24-22(28)34-13-16-11-27(26-25-16)12-20(30)23-15-7-9-17(10-8-15)29(32)33/h3-11,14H,12-13H2,1-2H3,(H,23,30). The summed E-state index contributed by atoms with van der Waals surface area (Å²) >= 11 is 1.38. The molecule has 0 unspecified atom stereocenters. The average Bonchev–Trinajstić information content (AvgIpc) is 3.24. The van der Waals surface area contributed by atoms with Crippen molar-refractivity contribution in [1.29, 1.82) is 0 Å². The molecule has 0 fully saturated rings. The highest BCUT2D eigenvalue weighted by molar-refractivity contribution is 7.98. The molecule has 34 heavy (non-hydrogen) atoms. The van der Waals surface area contributed by atoms with E-state index in [0.717, 1.165) is 0 Å². The molecule has 2 aromatic carbocycles. The van der Waals surface area contributed by atoms with Gasteiger partial charge >= 0.3 is 0 Å². The Hall–Kier alpha value is -4.06. The summed E-state index contributed by atoms with van der Waals surface area (Å²) in [6.07, 6.45) is 1.65. The van der Waals surface area contributed by atoms with Gasteiger partial charge < -0.3 is 5.32 Å². The minimum absolute atomic E-state index is 0.0554. The Balaban J connectivity index is 1.42. The topological polar surface area (TPSA) is 138 Å². The van der Waals surface area contributed by atoms with Crippen molar-refractivity contribution in [2.75, 3.05) is 5.32 Å². The number of benzene rings is 2. The third-order valence-corrected chi connectivity index (χ3v) is 5.88. The fraction of sp³-hybridized carbons (Fsp3) is 0.227. The van der Waals surface area contributed by atoms with Crippen LogP contribution in [0, 0.1) is 10.1 Å². The molecule has 4 aromatic rings. The normalized spacial score (nSPS) is 11.1. The first-order chi connectivity index (χ1) is 16.3. The number of para-hydroxylation sites is 1. The number of rotatable bonds is 8. The van der Waals surface area contributed by atoms with Gasteiger partial charge in [-0.05, 0) is 38.1 Å². The summed E-state index contributed by atoms with van der Waals surface area (Å²) in [4.78, 5) is 40.1. The number of nitro groups is 1. The minimum atomic E-state index is -0.505. The molecule has 1 amide bonds. The molecule has 0 radical (unpaired) electrons. The van der Waals surface area contributed by atoms with Crippen molar-refractivity contribution in [3.8, 4) is 0 Å². The largest absolute Gasteiger partial charge is 0.324 e. The summed E-state index contributed by atoms with van der Waals surface area (Å²) in [7, 11) is 0. The molecule has 174 valence electrons. The van der Waals surface area contributed by atoms with Crippen LogP contribution in [0.5, 0.6) is 0 Å². The number of amides is 1. The summed E-state index contributed by atoms with van der Waals surface area (Å²) in [6.45, 7) is 3.79. The molecule has 0 saturated carbocycles. The number of nitrogens with one attached hydrogen (secondary N) is 1. The van der Waals surface area contributed by atoms with Crippen molar-refractivity contribution < 1.29 is 9.72 Å². The van der Waals surface area contributed by atoms with E-state index in [-0.39, 0.29) is 29.7 Å². The maximum atomic E-state index is 12.9. The van der Waals surface area contributed by atoms with Crippen molar-refractivity contribution in [2.45, 2.75) is 37.3 Å². The van der Waals surface area contributed by atoms with Gasteiger partial charge in [0, 0.05) is 35.8 Å². The molecule has 0 spiro atoms. The van der Waals surface area contributed by atoms with Crippen LogP contribution < -0.4 is 10.9 Å². The molecular weight excluding hydrogens is 458 g/mol. The Labute approximate surface area is 198 Å². The van der Waals surface area contributed by atoms with E-state index in [4.69, 9.17) is 0 Å². The highest BCUT2D eigenvalue weighted by Gasteiger charge is 2.15. The number of nitro benzene ring substituents is 1. The molecule has 4 rings (SSSR count). The van der Waals surface area contributed by atoms with Gasteiger partial charge in [-0.2, -0.15) is 0 Å². The predicted octanol–water partition coefficient (Wildman–Crippen LogP) is 3.41. The number of non-ortho nitro benzene ring substituents is 1. The number of fused-ring (bicyclic) bond motifs is 1. The maximum absolute atomic E-state index is 12.9. The molecule has 12 heteroatoms. The lowest BCUT2D eigenvalue weighted by atomic mass is 10.2. The van der Waals surface area contributed by atoms with E-state index in [9.17, 15) is 19.7 Å². The van der Waals surface area contributed by atoms with Gasteiger partial charge in [-0.3, -0.25) is 24.3 Å². The number of carbonyl (C=O) groups excluding carboxylic acids is 1. The zero-order valence-electron chi connectivity index (χ0n) is 18.4. The van der Waals surface area contributed by atoms with Crippen molar-refractivity contribution >= 4 is 39.9 Å². The lowest BCUT2D eigenvalue weighted by Gasteiger charge is -2.15. The Morgan fingerprint density at radius 2 is 1.91 bits per heavy atom. The lowest BCUT2D eigenvalue weighted by Crippen LogP contribution is -2.25. The molecule has 0 bridgehead atoms. The average molecular weight is 480 g/mol. The molecular formula is C22H21N7O4S. The van der Waals surface area contributed by atoms with Crippen molar-refractivity contribution in [3.63, 3.8) is 0 Å². The van der Waals surface area contributed by atoms with Gasteiger partial charge in [-0.15, -0.1) is 5.10 Å². The Bertz CT molecular complexity index is 1410. The smallest absolute Gasteiger partial charge is 0.269 e. The Morgan fingerprint density at radius 3 is 2.62 bits per heavy atom. The third-order valence-electron chi connectivity index (χ3n) is 4.89. The van der Waals surface area contributed by atoms with Crippen LogP contribution in [0.15, 0.2) is 64.7 Å². The number of hydrogen-bond donors (Lipinski definition) is 1. The Morgan fingerprint density at radius 1 is 1.18 bits per heavy atom. The molecule has 1 N–H and O–H groups in total. The zero-order chi connectivity index (χ0) is 24.2. The second-order valence-electron chi connectivity index (χ2n) is 7.73. The first-order valence-corrected chi connectivity index (χ1v) is 11.4. The summed E-state index contributed by atoms with van der Waals surface area (Å²) in [5.41, 5.74) is 1.57. The van der Waals surface area contributed by atoms with E-state index in [1.165, 1.54) is 40.7 Å². The molecule has 0 saturated heterocycles. The number of nitrogens with zero attached hydrogens (tertiary/aromatic N) is 6. The molecule has 11 nitrogen and oxygen atoms in total. The highest BCUT2D eigenvalue weighted by atomic mass is 32.2.